The van der Waals surface area contributed by atoms with Crippen LogP contribution in [0, 0.1) is 0 Å². The first kappa shape index (κ1) is 14.2. The summed E-state index contributed by atoms with van der Waals surface area (Å²) in [4.78, 5) is 10.8. The summed E-state index contributed by atoms with van der Waals surface area (Å²) in [6.45, 7) is 3.43. The molecular weight excluding hydrogens is 195 g/mol. The largest absolute Gasteiger partial charge is 0.480 e. The Bertz CT molecular complexity index is 204. The summed E-state index contributed by atoms with van der Waals surface area (Å²) in [5, 5.41) is 17.3. The number of hydrogen-bond donors (Lipinski definition) is 2. The van der Waals surface area contributed by atoms with E-state index in [1.165, 1.54) is 19.0 Å². The SMILES string of the molecule is CCCCCC(/C=C/B(O)O)OC(C)=O. The van der Waals surface area contributed by atoms with Crippen molar-refractivity contribution in [1.29, 1.82) is 0 Å². The van der Waals surface area contributed by atoms with Gasteiger partial charge in [0.2, 0.25) is 0 Å². The Hall–Kier alpha value is -0.805. The van der Waals surface area contributed by atoms with Gasteiger partial charge in [0.1, 0.15) is 6.10 Å². The van der Waals surface area contributed by atoms with E-state index in [4.69, 9.17) is 14.8 Å². The van der Waals surface area contributed by atoms with E-state index >= 15 is 0 Å². The number of unbranched alkanes of at least 4 members (excludes halogenated alkanes) is 2. The Morgan fingerprint density at radius 2 is 2.13 bits per heavy atom. The molecule has 0 saturated carbocycles. The fourth-order valence-electron chi connectivity index (χ4n) is 1.23. The van der Waals surface area contributed by atoms with E-state index in [1.54, 1.807) is 0 Å². The second-order valence-electron chi connectivity index (χ2n) is 3.44. The Kier molecular flexibility index (Phi) is 8.04. The lowest BCUT2D eigenvalue weighted by Crippen LogP contribution is -2.16. The van der Waals surface area contributed by atoms with Gasteiger partial charge in [0, 0.05) is 6.92 Å². The molecular formula is C10H19BO4. The van der Waals surface area contributed by atoms with Crippen molar-refractivity contribution < 1.29 is 19.6 Å². The molecule has 0 aliphatic heterocycles. The molecule has 5 heteroatoms. The third-order valence-corrected chi connectivity index (χ3v) is 1.91. The van der Waals surface area contributed by atoms with Gasteiger partial charge in [0.25, 0.3) is 0 Å². The number of ether oxygens (including phenoxy) is 1. The smallest absolute Gasteiger partial charge is 0.458 e. The van der Waals surface area contributed by atoms with Gasteiger partial charge in [-0.1, -0.05) is 31.8 Å². The van der Waals surface area contributed by atoms with Crippen molar-refractivity contribution in [3.63, 3.8) is 0 Å². The van der Waals surface area contributed by atoms with E-state index < -0.39 is 7.12 Å². The molecule has 0 radical (unpaired) electrons. The van der Waals surface area contributed by atoms with Crippen LogP contribution in [0.25, 0.3) is 0 Å². The maximum Gasteiger partial charge on any atom is 0.480 e. The van der Waals surface area contributed by atoms with Crippen molar-refractivity contribution in [2.75, 3.05) is 0 Å². The first-order valence-electron chi connectivity index (χ1n) is 5.28. The van der Waals surface area contributed by atoms with Crippen LogP contribution in [0.1, 0.15) is 39.5 Å². The standard InChI is InChI=1S/C10H19BO4/c1-3-4-5-6-10(15-9(2)12)7-8-11(13)14/h7-8,10,13-14H,3-6H2,1-2H3/b8-7+. The van der Waals surface area contributed by atoms with E-state index in [-0.39, 0.29) is 12.1 Å². The number of esters is 1. The zero-order chi connectivity index (χ0) is 11.7. The normalized spacial score (nSPS) is 12.8. The molecule has 0 rings (SSSR count). The number of rotatable bonds is 7. The van der Waals surface area contributed by atoms with Crippen molar-refractivity contribution in [2.45, 2.75) is 45.6 Å². The average Bonchev–Trinajstić information content (AvgIpc) is 2.13. The summed E-state index contributed by atoms with van der Waals surface area (Å²) >= 11 is 0. The van der Waals surface area contributed by atoms with Crippen molar-refractivity contribution in [3.05, 3.63) is 12.1 Å². The summed E-state index contributed by atoms with van der Waals surface area (Å²) < 4.78 is 5.00. The predicted octanol–water partition coefficient (Wildman–Crippen LogP) is 1.07. The average molecular weight is 214 g/mol. The van der Waals surface area contributed by atoms with Crippen molar-refractivity contribution in [1.82, 2.24) is 0 Å². The molecule has 0 heterocycles. The van der Waals surface area contributed by atoms with Crippen molar-refractivity contribution >= 4 is 13.1 Å². The predicted molar refractivity (Wildman–Crippen MR) is 59.0 cm³/mol. The quantitative estimate of drug-likeness (QED) is 0.378. The van der Waals surface area contributed by atoms with Crippen LogP contribution in [0.5, 0.6) is 0 Å². The highest BCUT2D eigenvalue weighted by molar-refractivity contribution is 6.47. The summed E-state index contributed by atoms with van der Waals surface area (Å²) in [7, 11) is -1.49. The summed E-state index contributed by atoms with van der Waals surface area (Å²) in [6.07, 6.45) is 5.02. The van der Waals surface area contributed by atoms with Gasteiger partial charge < -0.3 is 14.8 Å². The van der Waals surface area contributed by atoms with Crippen LogP contribution in [0.4, 0.5) is 0 Å². The minimum atomic E-state index is -1.49. The highest BCUT2D eigenvalue weighted by atomic mass is 16.5. The molecule has 0 saturated heterocycles. The van der Waals surface area contributed by atoms with Gasteiger partial charge in [0.05, 0.1) is 0 Å². The van der Waals surface area contributed by atoms with Crippen molar-refractivity contribution in [2.24, 2.45) is 0 Å². The lowest BCUT2D eigenvalue weighted by molar-refractivity contribution is -0.144. The second-order valence-corrected chi connectivity index (χ2v) is 3.44. The molecule has 15 heavy (non-hydrogen) atoms. The molecule has 0 aromatic heterocycles. The first-order valence-corrected chi connectivity index (χ1v) is 5.28. The van der Waals surface area contributed by atoms with Crippen LogP contribution in [0.15, 0.2) is 12.1 Å². The fourth-order valence-corrected chi connectivity index (χ4v) is 1.23. The van der Waals surface area contributed by atoms with Crippen LogP contribution < -0.4 is 0 Å². The highest BCUT2D eigenvalue weighted by Gasteiger charge is 2.09. The molecule has 1 unspecified atom stereocenters. The van der Waals surface area contributed by atoms with E-state index in [1.807, 2.05) is 0 Å². The minimum Gasteiger partial charge on any atom is -0.458 e. The maximum atomic E-state index is 10.8. The third kappa shape index (κ3) is 9.50. The van der Waals surface area contributed by atoms with Crippen LogP contribution in [0.3, 0.4) is 0 Å². The zero-order valence-corrected chi connectivity index (χ0v) is 9.35. The van der Waals surface area contributed by atoms with Gasteiger partial charge in [0.15, 0.2) is 0 Å². The molecule has 0 amide bonds. The molecule has 4 nitrogen and oxygen atoms in total. The van der Waals surface area contributed by atoms with Crippen LogP contribution in [-0.4, -0.2) is 29.2 Å². The van der Waals surface area contributed by atoms with Gasteiger partial charge in [-0.2, -0.15) is 0 Å². The molecule has 0 spiro atoms. The fraction of sp³-hybridized carbons (Fsp3) is 0.700. The Morgan fingerprint density at radius 1 is 1.47 bits per heavy atom. The minimum absolute atomic E-state index is 0.351. The van der Waals surface area contributed by atoms with Crippen LogP contribution >= 0.6 is 0 Å². The van der Waals surface area contributed by atoms with Gasteiger partial charge in [-0.3, -0.25) is 4.79 Å². The van der Waals surface area contributed by atoms with Gasteiger partial charge in [-0.15, -0.1) is 0 Å². The number of carbonyl (C=O) groups is 1. The second kappa shape index (κ2) is 8.50. The number of carbonyl (C=O) groups excluding carboxylic acids is 1. The molecule has 0 aliphatic rings. The highest BCUT2D eigenvalue weighted by Crippen LogP contribution is 2.08. The molecule has 86 valence electrons. The lowest BCUT2D eigenvalue weighted by Gasteiger charge is -2.12. The summed E-state index contributed by atoms with van der Waals surface area (Å²) in [5.41, 5.74) is 0. The number of hydrogen-bond acceptors (Lipinski definition) is 4. The zero-order valence-electron chi connectivity index (χ0n) is 9.35. The Labute approximate surface area is 91.1 Å². The van der Waals surface area contributed by atoms with Crippen molar-refractivity contribution in [3.8, 4) is 0 Å². The molecule has 0 aliphatic carbocycles. The van der Waals surface area contributed by atoms with Crippen LogP contribution in [-0.2, 0) is 9.53 Å². The van der Waals surface area contributed by atoms with E-state index in [2.05, 4.69) is 6.92 Å². The summed E-state index contributed by atoms with van der Waals surface area (Å²) in [5.74, 6) is 0.855. The Balaban J connectivity index is 4.00. The van der Waals surface area contributed by atoms with Crippen LogP contribution in [0.2, 0.25) is 0 Å². The van der Waals surface area contributed by atoms with Gasteiger partial charge in [-0.25, -0.2) is 0 Å². The van der Waals surface area contributed by atoms with E-state index in [0.29, 0.717) is 0 Å². The monoisotopic (exact) mass is 214 g/mol. The third-order valence-electron chi connectivity index (χ3n) is 1.91. The summed E-state index contributed by atoms with van der Waals surface area (Å²) in [6, 6.07) is 0. The molecule has 0 fully saturated rings. The first-order chi connectivity index (χ1) is 7.06. The molecule has 2 N–H and O–H groups in total. The van der Waals surface area contributed by atoms with E-state index in [0.717, 1.165) is 25.7 Å². The topological polar surface area (TPSA) is 66.8 Å². The van der Waals surface area contributed by atoms with Gasteiger partial charge >= 0.3 is 13.1 Å². The molecule has 1 atom stereocenters. The Morgan fingerprint density at radius 3 is 2.60 bits per heavy atom. The lowest BCUT2D eigenvalue weighted by atomic mass is 9.90. The van der Waals surface area contributed by atoms with Gasteiger partial charge in [-0.05, 0) is 12.8 Å². The molecule has 0 bridgehead atoms. The molecule has 0 aromatic carbocycles. The molecule has 0 aromatic rings. The van der Waals surface area contributed by atoms with E-state index in [9.17, 15) is 4.79 Å². The maximum absolute atomic E-state index is 10.8.